The number of fused-ring (bicyclic) bond motifs is 1. The van der Waals surface area contributed by atoms with E-state index in [1.807, 2.05) is 17.0 Å². The Morgan fingerprint density at radius 1 is 1.42 bits per heavy atom. The summed E-state index contributed by atoms with van der Waals surface area (Å²) in [5, 5.41) is 3.30. The Bertz CT molecular complexity index is 529. The summed E-state index contributed by atoms with van der Waals surface area (Å²) in [4.78, 5) is 27.5. The van der Waals surface area contributed by atoms with E-state index < -0.39 is 0 Å². The van der Waals surface area contributed by atoms with Crippen LogP contribution in [-0.2, 0) is 0 Å². The first-order chi connectivity index (χ1) is 9.16. The molecule has 0 aliphatic carbocycles. The Morgan fingerprint density at radius 2 is 2.26 bits per heavy atom. The highest BCUT2D eigenvalue weighted by atomic mass is 16.2. The van der Waals surface area contributed by atoms with Gasteiger partial charge in [0.2, 0.25) is 0 Å². The van der Waals surface area contributed by atoms with Crippen LogP contribution in [0, 0.1) is 0 Å². The fourth-order valence-corrected chi connectivity index (χ4v) is 2.73. The number of hydrogen-bond acceptors (Lipinski definition) is 3. The van der Waals surface area contributed by atoms with Crippen molar-refractivity contribution in [2.45, 2.75) is 13.0 Å². The molecule has 2 heterocycles. The smallest absolute Gasteiger partial charge is 0.317 e. The molecule has 1 atom stereocenters. The molecule has 100 valence electrons. The van der Waals surface area contributed by atoms with Gasteiger partial charge in [0.1, 0.15) is 0 Å². The maximum Gasteiger partial charge on any atom is 0.324 e. The number of piperazine rings is 1. The number of Topliss-reactive ketones (excluding diaryl/α,β-unsaturated/α-hetero) is 1. The van der Waals surface area contributed by atoms with E-state index in [0.717, 1.165) is 25.3 Å². The standard InChI is InChI=1S/C14H17N3O2/c1-10(18)11-3-2-4-12(7-11)17-9-13-8-15-5-6-16(13)14(17)19/h2-4,7,13,15H,5-6,8-9H2,1H3. The largest absolute Gasteiger partial charge is 0.324 e. The molecule has 1 aromatic carbocycles. The van der Waals surface area contributed by atoms with Crippen LogP contribution in [0.3, 0.4) is 0 Å². The average molecular weight is 259 g/mol. The lowest BCUT2D eigenvalue weighted by atomic mass is 10.1. The van der Waals surface area contributed by atoms with Gasteiger partial charge in [0.15, 0.2) is 5.78 Å². The minimum absolute atomic E-state index is 0.0212. The summed E-state index contributed by atoms with van der Waals surface area (Å²) in [5.74, 6) is 0.0212. The third kappa shape index (κ3) is 2.10. The molecule has 5 heteroatoms. The number of carbonyl (C=O) groups excluding carboxylic acids is 2. The van der Waals surface area contributed by atoms with E-state index in [2.05, 4.69) is 5.32 Å². The van der Waals surface area contributed by atoms with Gasteiger partial charge in [-0.2, -0.15) is 0 Å². The van der Waals surface area contributed by atoms with Gasteiger partial charge in [-0.3, -0.25) is 9.69 Å². The summed E-state index contributed by atoms with van der Waals surface area (Å²) >= 11 is 0. The van der Waals surface area contributed by atoms with Gasteiger partial charge in [0.25, 0.3) is 0 Å². The molecule has 5 nitrogen and oxygen atoms in total. The number of amides is 2. The van der Waals surface area contributed by atoms with Crippen LogP contribution in [0.5, 0.6) is 0 Å². The van der Waals surface area contributed by atoms with Crippen LogP contribution in [0.1, 0.15) is 17.3 Å². The molecule has 0 spiro atoms. The SMILES string of the molecule is CC(=O)c1cccc(N2CC3CNCCN3C2=O)c1. The van der Waals surface area contributed by atoms with Crippen molar-refractivity contribution in [1.82, 2.24) is 10.2 Å². The van der Waals surface area contributed by atoms with Crippen molar-refractivity contribution in [1.29, 1.82) is 0 Å². The first-order valence-electron chi connectivity index (χ1n) is 6.56. The summed E-state index contributed by atoms with van der Waals surface area (Å²) in [7, 11) is 0. The predicted octanol–water partition coefficient (Wildman–Crippen LogP) is 1.10. The quantitative estimate of drug-likeness (QED) is 0.809. The number of hydrogen-bond donors (Lipinski definition) is 1. The van der Waals surface area contributed by atoms with E-state index in [4.69, 9.17) is 0 Å². The lowest BCUT2D eigenvalue weighted by Crippen LogP contribution is -2.49. The number of nitrogens with one attached hydrogen (secondary N) is 1. The third-order valence-corrected chi connectivity index (χ3v) is 3.78. The number of rotatable bonds is 2. The molecule has 0 saturated carbocycles. The van der Waals surface area contributed by atoms with Crippen LogP contribution < -0.4 is 10.2 Å². The highest BCUT2D eigenvalue weighted by Crippen LogP contribution is 2.25. The second kappa shape index (κ2) is 4.66. The highest BCUT2D eigenvalue weighted by Gasteiger charge is 2.39. The summed E-state index contributed by atoms with van der Waals surface area (Å²) in [6.07, 6.45) is 0. The molecule has 2 aliphatic rings. The Labute approximate surface area is 112 Å². The monoisotopic (exact) mass is 259 g/mol. The molecule has 1 N–H and O–H groups in total. The van der Waals surface area contributed by atoms with Gasteiger partial charge in [0.05, 0.1) is 6.04 Å². The normalized spacial score (nSPS) is 22.6. The number of carbonyl (C=O) groups is 2. The van der Waals surface area contributed by atoms with Crippen LogP contribution >= 0.6 is 0 Å². The predicted molar refractivity (Wildman–Crippen MR) is 72.6 cm³/mol. The Hall–Kier alpha value is -1.88. The van der Waals surface area contributed by atoms with Gasteiger partial charge in [-0.25, -0.2) is 4.79 Å². The number of anilines is 1. The first-order valence-corrected chi connectivity index (χ1v) is 6.56. The maximum atomic E-state index is 12.4. The van der Waals surface area contributed by atoms with Crippen molar-refractivity contribution in [2.75, 3.05) is 31.1 Å². The number of urea groups is 1. The fourth-order valence-electron chi connectivity index (χ4n) is 2.73. The molecule has 2 aliphatic heterocycles. The molecule has 0 bridgehead atoms. The zero-order valence-electron chi connectivity index (χ0n) is 10.9. The van der Waals surface area contributed by atoms with Gasteiger partial charge >= 0.3 is 6.03 Å². The Morgan fingerprint density at radius 3 is 3.00 bits per heavy atom. The molecule has 19 heavy (non-hydrogen) atoms. The van der Waals surface area contributed by atoms with E-state index in [-0.39, 0.29) is 17.9 Å². The van der Waals surface area contributed by atoms with Crippen LogP contribution in [0.15, 0.2) is 24.3 Å². The van der Waals surface area contributed by atoms with Gasteiger partial charge in [-0.05, 0) is 19.1 Å². The zero-order valence-corrected chi connectivity index (χ0v) is 10.9. The Kier molecular flexibility index (Phi) is 2.98. The number of benzene rings is 1. The van der Waals surface area contributed by atoms with Crippen molar-refractivity contribution in [3.05, 3.63) is 29.8 Å². The van der Waals surface area contributed by atoms with Crippen molar-refractivity contribution < 1.29 is 9.59 Å². The average Bonchev–Trinajstić information content (AvgIpc) is 2.77. The van der Waals surface area contributed by atoms with Gasteiger partial charge in [0, 0.05) is 37.4 Å². The molecule has 2 saturated heterocycles. The van der Waals surface area contributed by atoms with Crippen LogP contribution in [-0.4, -0.2) is 48.9 Å². The molecule has 0 aromatic heterocycles. The van der Waals surface area contributed by atoms with Crippen LogP contribution in [0.4, 0.5) is 10.5 Å². The molecule has 3 rings (SSSR count). The fraction of sp³-hybridized carbons (Fsp3) is 0.429. The van der Waals surface area contributed by atoms with Crippen LogP contribution in [0.2, 0.25) is 0 Å². The van der Waals surface area contributed by atoms with Crippen molar-refractivity contribution in [3.63, 3.8) is 0 Å². The van der Waals surface area contributed by atoms with Crippen molar-refractivity contribution in [3.8, 4) is 0 Å². The molecule has 2 fully saturated rings. The summed E-state index contributed by atoms with van der Waals surface area (Å²) in [6.45, 7) is 4.68. The van der Waals surface area contributed by atoms with Gasteiger partial charge in [-0.1, -0.05) is 12.1 Å². The molecule has 2 amide bonds. The molecule has 1 unspecified atom stereocenters. The third-order valence-electron chi connectivity index (χ3n) is 3.78. The second-order valence-corrected chi connectivity index (χ2v) is 5.05. The number of nitrogens with zero attached hydrogens (tertiary/aromatic N) is 2. The molecule has 0 radical (unpaired) electrons. The van der Waals surface area contributed by atoms with E-state index >= 15 is 0 Å². The molecular formula is C14H17N3O2. The summed E-state index contributed by atoms with van der Waals surface area (Å²) in [6, 6.07) is 7.58. The topological polar surface area (TPSA) is 52.7 Å². The van der Waals surface area contributed by atoms with Crippen molar-refractivity contribution in [2.24, 2.45) is 0 Å². The van der Waals surface area contributed by atoms with Gasteiger partial charge in [-0.15, -0.1) is 0 Å². The van der Waals surface area contributed by atoms with E-state index in [0.29, 0.717) is 12.1 Å². The lowest BCUT2D eigenvalue weighted by Gasteiger charge is -2.28. The van der Waals surface area contributed by atoms with Crippen LogP contribution in [0.25, 0.3) is 0 Å². The van der Waals surface area contributed by atoms with E-state index in [1.54, 1.807) is 17.0 Å². The zero-order chi connectivity index (χ0) is 13.4. The van der Waals surface area contributed by atoms with Gasteiger partial charge < -0.3 is 10.2 Å². The van der Waals surface area contributed by atoms with E-state index in [1.165, 1.54) is 6.92 Å². The Balaban J connectivity index is 1.88. The summed E-state index contributed by atoms with van der Waals surface area (Å²) < 4.78 is 0. The minimum atomic E-state index is 0.0212. The minimum Gasteiger partial charge on any atom is -0.317 e. The maximum absolute atomic E-state index is 12.4. The molecule has 1 aromatic rings. The first kappa shape index (κ1) is 12.2. The molecular weight excluding hydrogens is 242 g/mol. The van der Waals surface area contributed by atoms with E-state index in [9.17, 15) is 9.59 Å². The highest BCUT2D eigenvalue weighted by molar-refractivity contribution is 5.98. The second-order valence-electron chi connectivity index (χ2n) is 5.05. The van der Waals surface area contributed by atoms with Crippen molar-refractivity contribution >= 4 is 17.5 Å². The number of ketones is 1. The lowest BCUT2D eigenvalue weighted by molar-refractivity contribution is 0.101. The summed E-state index contributed by atoms with van der Waals surface area (Å²) in [5.41, 5.74) is 1.46.